The predicted octanol–water partition coefficient (Wildman–Crippen LogP) is 1.97. The van der Waals surface area contributed by atoms with Crippen LogP contribution in [0.3, 0.4) is 0 Å². The normalized spacial score (nSPS) is 27.5. The van der Waals surface area contributed by atoms with Gasteiger partial charge in [-0.1, -0.05) is 6.92 Å². The van der Waals surface area contributed by atoms with E-state index < -0.39 is 0 Å². The lowest BCUT2D eigenvalue weighted by molar-refractivity contribution is 0.824. The number of nitrogens with two attached hydrogens (primary N) is 1. The topological polar surface area (TPSA) is 51.8 Å². The van der Waals surface area contributed by atoms with Gasteiger partial charge in [-0.05, 0) is 0 Å². The van der Waals surface area contributed by atoms with E-state index >= 15 is 0 Å². The van der Waals surface area contributed by atoms with E-state index in [1.807, 2.05) is 23.5 Å². The fraction of sp³-hybridized carbons (Fsp3) is 0.556. The van der Waals surface area contributed by atoms with Gasteiger partial charge in [-0.25, -0.2) is 9.97 Å². The van der Waals surface area contributed by atoms with Crippen LogP contribution in [0.25, 0.3) is 0 Å². The second kappa shape index (κ2) is 4.40. The highest BCUT2D eigenvalue weighted by atomic mass is 32.2. The van der Waals surface area contributed by atoms with Crippen LogP contribution >= 0.6 is 23.5 Å². The van der Waals surface area contributed by atoms with Crippen molar-refractivity contribution in [3.8, 4) is 0 Å². The Morgan fingerprint density at radius 1 is 1.29 bits per heavy atom. The minimum atomic E-state index is 0.425. The lowest BCUT2D eigenvalue weighted by atomic mass is 10.3. The molecule has 1 fully saturated rings. The monoisotopic (exact) mass is 227 g/mol. The summed E-state index contributed by atoms with van der Waals surface area (Å²) in [5.41, 5.74) is 6.19. The van der Waals surface area contributed by atoms with Crippen molar-refractivity contribution < 1.29 is 0 Å². The molecule has 76 valence electrons. The molecule has 0 aliphatic carbocycles. The van der Waals surface area contributed by atoms with Gasteiger partial charge in [0.1, 0.15) is 5.82 Å². The average Bonchev–Trinajstić information content (AvgIpc) is 2.20. The summed E-state index contributed by atoms with van der Waals surface area (Å²) < 4.78 is 0. The first-order valence-corrected chi connectivity index (χ1v) is 6.68. The maximum absolute atomic E-state index is 5.55. The van der Waals surface area contributed by atoms with Crippen LogP contribution in [-0.2, 0) is 0 Å². The van der Waals surface area contributed by atoms with Crippen LogP contribution in [0.2, 0.25) is 0 Å². The maximum atomic E-state index is 5.55. The molecule has 2 heterocycles. The number of thioether (sulfide) groups is 2. The molecule has 1 aliphatic rings. The van der Waals surface area contributed by atoms with Crippen molar-refractivity contribution in [1.82, 2.24) is 9.97 Å². The fourth-order valence-electron chi connectivity index (χ4n) is 1.41. The second-order valence-electron chi connectivity index (χ2n) is 3.24. The van der Waals surface area contributed by atoms with Gasteiger partial charge in [0.05, 0.1) is 23.3 Å². The Bertz CT molecular complexity index is 301. The number of aromatic nitrogens is 2. The van der Waals surface area contributed by atoms with Gasteiger partial charge in [0, 0.05) is 16.8 Å². The first-order valence-electron chi connectivity index (χ1n) is 4.58. The third kappa shape index (κ3) is 2.15. The van der Waals surface area contributed by atoms with Gasteiger partial charge in [-0.2, -0.15) is 11.8 Å². The molecule has 2 rings (SSSR count). The van der Waals surface area contributed by atoms with Crippen molar-refractivity contribution in [2.75, 3.05) is 17.2 Å². The fourth-order valence-corrected chi connectivity index (χ4v) is 4.12. The molecule has 14 heavy (non-hydrogen) atoms. The van der Waals surface area contributed by atoms with Crippen molar-refractivity contribution in [2.45, 2.75) is 17.4 Å². The molecule has 1 aromatic heterocycles. The summed E-state index contributed by atoms with van der Waals surface area (Å²) in [6.07, 6.45) is 3.38. The van der Waals surface area contributed by atoms with E-state index in [9.17, 15) is 0 Å². The number of rotatable bonds is 1. The number of anilines is 1. The zero-order chi connectivity index (χ0) is 9.97. The zero-order valence-electron chi connectivity index (χ0n) is 8.01. The SMILES string of the molecule is CC1SCCSC1c1ncc(N)cn1. The van der Waals surface area contributed by atoms with Gasteiger partial charge in [0.2, 0.25) is 0 Å². The lowest BCUT2D eigenvalue weighted by Crippen LogP contribution is -2.18. The first kappa shape index (κ1) is 10.1. The van der Waals surface area contributed by atoms with Gasteiger partial charge in [-0.15, -0.1) is 11.8 Å². The Hall–Kier alpha value is -0.420. The molecule has 0 bridgehead atoms. The summed E-state index contributed by atoms with van der Waals surface area (Å²) in [7, 11) is 0. The Morgan fingerprint density at radius 2 is 1.93 bits per heavy atom. The first-order chi connectivity index (χ1) is 6.77. The summed E-state index contributed by atoms with van der Waals surface area (Å²) in [5, 5.41) is 1.02. The van der Waals surface area contributed by atoms with Crippen LogP contribution in [0.5, 0.6) is 0 Å². The van der Waals surface area contributed by atoms with Crippen LogP contribution in [0, 0.1) is 0 Å². The Kier molecular flexibility index (Phi) is 3.18. The molecular weight excluding hydrogens is 214 g/mol. The second-order valence-corrected chi connectivity index (χ2v) is 5.98. The van der Waals surface area contributed by atoms with E-state index in [4.69, 9.17) is 5.73 Å². The number of hydrogen-bond donors (Lipinski definition) is 1. The third-order valence-corrected chi connectivity index (χ3v) is 5.22. The van der Waals surface area contributed by atoms with Gasteiger partial charge in [-0.3, -0.25) is 0 Å². The van der Waals surface area contributed by atoms with Gasteiger partial charge < -0.3 is 5.73 Å². The molecular formula is C9H13N3S2. The highest BCUT2D eigenvalue weighted by molar-refractivity contribution is 8.06. The lowest BCUT2D eigenvalue weighted by Gasteiger charge is -2.26. The number of nitrogen functional groups attached to an aromatic ring is 1. The molecule has 0 aromatic carbocycles. The van der Waals surface area contributed by atoms with E-state index in [1.165, 1.54) is 11.5 Å². The summed E-state index contributed by atoms with van der Waals surface area (Å²) in [5.74, 6) is 3.34. The van der Waals surface area contributed by atoms with Crippen molar-refractivity contribution >= 4 is 29.2 Å². The molecule has 0 saturated carbocycles. The highest BCUT2D eigenvalue weighted by Crippen LogP contribution is 2.40. The molecule has 3 nitrogen and oxygen atoms in total. The molecule has 0 amide bonds. The Morgan fingerprint density at radius 3 is 2.57 bits per heavy atom. The van der Waals surface area contributed by atoms with Crippen LogP contribution in [0.4, 0.5) is 5.69 Å². The number of hydrogen-bond acceptors (Lipinski definition) is 5. The maximum Gasteiger partial charge on any atom is 0.142 e. The average molecular weight is 227 g/mol. The summed E-state index contributed by atoms with van der Waals surface area (Å²) in [6.45, 7) is 2.24. The molecule has 1 aliphatic heterocycles. The van der Waals surface area contributed by atoms with Crippen molar-refractivity contribution in [1.29, 1.82) is 0 Å². The molecule has 2 atom stereocenters. The molecule has 2 N–H and O–H groups in total. The van der Waals surface area contributed by atoms with E-state index in [2.05, 4.69) is 16.9 Å². The van der Waals surface area contributed by atoms with Crippen LogP contribution in [0.15, 0.2) is 12.4 Å². The molecule has 5 heteroatoms. The summed E-state index contributed by atoms with van der Waals surface area (Å²) in [4.78, 5) is 8.56. The van der Waals surface area contributed by atoms with Crippen LogP contribution in [-0.4, -0.2) is 26.7 Å². The molecule has 1 saturated heterocycles. The quantitative estimate of drug-likeness (QED) is 0.795. The standard InChI is InChI=1S/C9H13N3S2/c1-6-8(14-3-2-13-6)9-11-4-7(10)5-12-9/h4-6,8H,2-3,10H2,1H3. The largest absolute Gasteiger partial charge is 0.396 e. The predicted molar refractivity (Wildman–Crippen MR) is 63.6 cm³/mol. The van der Waals surface area contributed by atoms with Gasteiger partial charge in [0.25, 0.3) is 0 Å². The van der Waals surface area contributed by atoms with Gasteiger partial charge in [0.15, 0.2) is 0 Å². The molecule has 2 unspecified atom stereocenters. The molecule has 1 aromatic rings. The molecule has 0 spiro atoms. The van der Waals surface area contributed by atoms with E-state index in [-0.39, 0.29) is 0 Å². The third-order valence-electron chi connectivity index (χ3n) is 2.13. The number of nitrogens with zero attached hydrogens (tertiary/aromatic N) is 2. The van der Waals surface area contributed by atoms with Gasteiger partial charge >= 0.3 is 0 Å². The Balaban J connectivity index is 2.16. The van der Waals surface area contributed by atoms with E-state index in [1.54, 1.807) is 12.4 Å². The van der Waals surface area contributed by atoms with Crippen molar-refractivity contribution in [2.24, 2.45) is 0 Å². The minimum absolute atomic E-state index is 0.425. The Labute approximate surface area is 92.3 Å². The molecule has 0 radical (unpaired) electrons. The zero-order valence-corrected chi connectivity index (χ0v) is 9.64. The summed E-state index contributed by atoms with van der Waals surface area (Å²) in [6, 6.07) is 0. The van der Waals surface area contributed by atoms with E-state index in [0.29, 0.717) is 16.2 Å². The van der Waals surface area contributed by atoms with Crippen molar-refractivity contribution in [3.05, 3.63) is 18.2 Å². The van der Waals surface area contributed by atoms with Crippen molar-refractivity contribution in [3.63, 3.8) is 0 Å². The minimum Gasteiger partial charge on any atom is -0.396 e. The highest BCUT2D eigenvalue weighted by Gasteiger charge is 2.26. The smallest absolute Gasteiger partial charge is 0.142 e. The van der Waals surface area contributed by atoms with Crippen LogP contribution in [0.1, 0.15) is 18.0 Å². The van der Waals surface area contributed by atoms with E-state index in [0.717, 1.165) is 5.82 Å². The summed E-state index contributed by atoms with van der Waals surface area (Å²) >= 11 is 3.94. The van der Waals surface area contributed by atoms with Crippen LogP contribution < -0.4 is 5.73 Å².